The van der Waals surface area contributed by atoms with E-state index in [4.69, 9.17) is 0 Å². The molecule has 0 radical (unpaired) electrons. The highest BCUT2D eigenvalue weighted by molar-refractivity contribution is 7.99. The van der Waals surface area contributed by atoms with Gasteiger partial charge in [-0.2, -0.15) is 0 Å². The minimum Gasteiger partial charge on any atom is -0.369 e. The number of para-hydroxylation sites is 1. The number of nitro groups is 1. The number of nitrogens with zero attached hydrogens (tertiary/aromatic N) is 6. The number of carbonyl (C=O) groups is 1. The molecule has 1 aliphatic rings. The Balaban J connectivity index is 1.24. The largest absolute Gasteiger partial charge is 0.369 e. The van der Waals surface area contributed by atoms with Crippen molar-refractivity contribution >= 4 is 29.0 Å². The van der Waals surface area contributed by atoms with Crippen LogP contribution in [0.2, 0.25) is 0 Å². The van der Waals surface area contributed by atoms with Crippen molar-refractivity contribution in [2.24, 2.45) is 7.05 Å². The number of hydrogen-bond acceptors (Lipinski definition) is 8. The van der Waals surface area contributed by atoms with Crippen LogP contribution in [0.1, 0.15) is 16.8 Å². The Labute approximate surface area is 202 Å². The predicted octanol–water partition coefficient (Wildman–Crippen LogP) is 2.82. The number of nitro benzene ring substituents is 1. The molecule has 2 aromatic carbocycles. The van der Waals surface area contributed by atoms with Crippen LogP contribution in [0.15, 0.2) is 64.9 Å². The second-order valence-electron chi connectivity index (χ2n) is 8.04. The molecule has 4 rings (SSSR count). The Morgan fingerprint density at radius 1 is 1.15 bits per heavy atom. The maximum atomic E-state index is 12.6. The molecule has 1 aliphatic heterocycles. The highest BCUT2D eigenvalue weighted by atomic mass is 32.2. The minimum atomic E-state index is -0.482. The third kappa shape index (κ3) is 5.91. The molecule has 34 heavy (non-hydrogen) atoms. The fourth-order valence-electron chi connectivity index (χ4n) is 3.83. The first-order valence-corrected chi connectivity index (χ1v) is 11.9. The second-order valence-corrected chi connectivity index (χ2v) is 9.05. The Bertz CT molecular complexity index is 1130. The van der Waals surface area contributed by atoms with Crippen LogP contribution in [-0.4, -0.2) is 69.8 Å². The third-order valence-electron chi connectivity index (χ3n) is 5.72. The van der Waals surface area contributed by atoms with Gasteiger partial charge in [0.25, 0.3) is 11.6 Å². The van der Waals surface area contributed by atoms with Gasteiger partial charge in [-0.3, -0.25) is 19.8 Å². The maximum absolute atomic E-state index is 12.6. The van der Waals surface area contributed by atoms with Crippen molar-refractivity contribution in [3.63, 3.8) is 0 Å². The van der Waals surface area contributed by atoms with Crippen molar-refractivity contribution in [3.8, 4) is 0 Å². The van der Waals surface area contributed by atoms with E-state index < -0.39 is 4.92 Å². The lowest BCUT2D eigenvalue weighted by molar-refractivity contribution is -0.387. The fourth-order valence-corrected chi connectivity index (χ4v) is 4.68. The summed E-state index contributed by atoms with van der Waals surface area (Å²) in [4.78, 5) is 28.8. The van der Waals surface area contributed by atoms with Crippen LogP contribution in [0.5, 0.6) is 0 Å². The SMILES string of the molecule is Cn1cnnc1Sc1ccc(C(=O)NCCCN2CCN(c3ccccc3)CC2)cc1[N+](=O)[O-]. The lowest BCUT2D eigenvalue weighted by Crippen LogP contribution is -2.47. The van der Waals surface area contributed by atoms with Crippen LogP contribution in [0, 0.1) is 10.1 Å². The summed E-state index contributed by atoms with van der Waals surface area (Å²) in [5, 5.41) is 22.7. The molecule has 10 nitrogen and oxygen atoms in total. The summed E-state index contributed by atoms with van der Waals surface area (Å²) in [6, 6.07) is 14.9. The first-order valence-electron chi connectivity index (χ1n) is 11.1. The Kier molecular flexibility index (Phi) is 7.76. The van der Waals surface area contributed by atoms with Gasteiger partial charge >= 0.3 is 0 Å². The van der Waals surface area contributed by atoms with Gasteiger partial charge in [-0.25, -0.2) is 0 Å². The van der Waals surface area contributed by atoms with E-state index in [1.165, 1.54) is 18.1 Å². The number of nitrogens with one attached hydrogen (secondary N) is 1. The van der Waals surface area contributed by atoms with Crippen LogP contribution in [0.3, 0.4) is 0 Å². The molecule has 11 heteroatoms. The van der Waals surface area contributed by atoms with E-state index in [1.807, 2.05) is 6.07 Å². The van der Waals surface area contributed by atoms with E-state index in [2.05, 4.69) is 49.6 Å². The standard InChI is InChI=1S/C23H27N7O3S/c1-27-17-25-26-23(27)34-21-9-8-18(16-20(21)30(32)33)22(31)24-10-5-11-28-12-14-29(15-13-28)19-6-3-2-4-7-19/h2-4,6-9,16-17H,5,10-15H2,1H3,(H,24,31). The zero-order valence-corrected chi connectivity index (χ0v) is 19.8. The van der Waals surface area contributed by atoms with E-state index in [0.29, 0.717) is 16.6 Å². The number of hydrogen-bond donors (Lipinski definition) is 1. The smallest absolute Gasteiger partial charge is 0.284 e. The zero-order valence-electron chi connectivity index (χ0n) is 19.0. The zero-order chi connectivity index (χ0) is 23.9. The quantitative estimate of drug-likeness (QED) is 0.282. The van der Waals surface area contributed by atoms with E-state index in [1.54, 1.807) is 23.7 Å². The molecule has 1 N–H and O–H groups in total. The van der Waals surface area contributed by atoms with Crippen molar-refractivity contribution < 1.29 is 9.72 Å². The number of aryl methyl sites for hydroxylation is 1. The summed E-state index contributed by atoms with van der Waals surface area (Å²) in [5.41, 5.74) is 1.40. The van der Waals surface area contributed by atoms with E-state index >= 15 is 0 Å². The lowest BCUT2D eigenvalue weighted by atomic mass is 10.2. The van der Waals surface area contributed by atoms with Crippen LogP contribution in [0.25, 0.3) is 0 Å². The number of rotatable bonds is 9. The van der Waals surface area contributed by atoms with Gasteiger partial charge in [-0.15, -0.1) is 10.2 Å². The molecule has 1 aromatic heterocycles. The Hall–Kier alpha value is -3.44. The van der Waals surface area contributed by atoms with E-state index in [9.17, 15) is 14.9 Å². The first-order chi connectivity index (χ1) is 16.5. The molecular formula is C23H27N7O3S. The lowest BCUT2D eigenvalue weighted by Gasteiger charge is -2.36. The molecule has 178 valence electrons. The summed E-state index contributed by atoms with van der Waals surface area (Å²) in [5.74, 6) is -0.313. The molecule has 1 amide bonds. The number of amides is 1. The molecule has 1 fully saturated rings. The Morgan fingerprint density at radius 3 is 2.59 bits per heavy atom. The summed E-state index contributed by atoms with van der Waals surface area (Å²) >= 11 is 1.14. The predicted molar refractivity (Wildman–Crippen MR) is 130 cm³/mol. The van der Waals surface area contributed by atoms with Gasteiger partial charge in [0.1, 0.15) is 6.33 Å². The summed E-state index contributed by atoms with van der Waals surface area (Å²) in [6.07, 6.45) is 2.35. The molecule has 0 saturated carbocycles. The molecule has 0 bridgehead atoms. The maximum Gasteiger partial charge on any atom is 0.284 e. The number of piperazine rings is 1. The van der Waals surface area contributed by atoms with Crippen LogP contribution >= 0.6 is 11.8 Å². The van der Waals surface area contributed by atoms with Crippen LogP contribution < -0.4 is 10.2 Å². The monoisotopic (exact) mass is 481 g/mol. The average molecular weight is 482 g/mol. The van der Waals surface area contributed by atoms with Crippen molar-refractivity contribution in [1.82, 2.24) is 25.0 Å². The normalized spacial score (nSPS) is 14.2. The number of carbonyl (C=O) groups excluding carboxylic acids is 1. The summed E-state index contributed by atoms with van der Waals surface area (Å²) < 4.78 is 1.68. The molecule has 0 spiro atoms. The highest BCUT2D eigenvalue weighted by Crippen LogP contribution is 2.34. The van der Waals surface area contributed by atoms with Crippen molar-refractivity contribution in [3.05, 3.63) is 70.5 Å². The molecule has 0 unspecified atom stereocenters. The van der Waals surface area contributed by atoms with Crippen LogP contribution in [-0.2, 0) is 7.05 Å². The van der Waals surface area contributed by atoms with Gasteiger partial charge in [0, 0.05) is 57.1 Å². The molecule has 0 atom stereocenters. The van der Waals surface area contributed by atoms with Gasteiger partial charge in [-0.1, -0.05) is 18.2 Å². The molecular weight excluding hydrogens is 454 g/mol. The van der Waals surface area contributed by atoms with E-state index in [-0.39, 0.29) is 17.2 Å². The van der Waals surface area contributed by atoms with E-state index in [0.717, 1.165) is 50.9 Å². The number of aromatic nitrogens is 3. The third-order valence-corrected chi connectivity index (χ3v) is 6.84. The Morgan fingerprint density at radius 2 is 1.91 bits per heavy atom. The van der Waals surface area contributed by atoms with Gasteiger partial charge in [-0.05, 0) is 49.0 Å². The first kappa shape index (κ1) is 23.7. The van der Waals surface area contributed by atoms with Crippen molar-refractivity contribution in [1.29, 1.82) is 0 Å². The van der Waals surface area contributed by atoms with Gasteiger partial charge < -0.3 is 14.8 Å². The second kappa shape index (κ2) is 11.1. The summed E-state index contributed by atoms with van der Waals surface area (Å²) in [7, 11) is 1.76. The fraction of sp³-hybridized carbons (Fsp3) is 0.348. The molecule has 0 aliphatic carbocycles. The van der Waals surface area contributed by atoms with Gasteiger partial charge in [0.2, 0.25) is 0 Å². The number of anilines is 1. The minimum absolute atomic E-state index is 0.128. The highest BCUT2D eigenvalue weighted by Gasteiger charge is 2.20. The van der Waals surface area contributed by atoms with Crippen molar-refractivity contribution in [2.75, 3.05) is 44.2 Å². The van der Waals surface area contributed by atoms with Crippen LogP contribution in [0.4, 0.5) is 11.4 Å². The molecule has 3 aromatic rings. The van der Waals surface area contributed by atoms with Crippen molar-refractivity contribution in [2.45, 2.75) is 16.5 Å². The summed E-state index contributed by atoms with van der Waals surface area (Å²) in [6.45, 7) is 5.36. The molecule has 1 saturated heterocycles. The molecule has 2 heterocycles. The van der Waals surface area contributed by atoms with Gasteiger partial charge in [0.05, 0.1) is 9.82 Å². The van der Waals surface area contributed by atoms with Gasteiger partial charge in [0.15, 0.2) is 5.16 Å². The average Bonchev–Trinajstić information content (AvgIpc) is 3.27. The topological polar surface area (TPSA) is 109 Å². The number of benzene rings is 2.